The molecule has 4 heteroatoms. The number of ketones is 1. The van der Waals surface area contributed by atoms with Crippen molar-refractivity contribution in [3.63, 3.8) is 0 Å². The highest BCUT2D eigenvalue weighted by Crippen LogP contribution is 2.33. The maximum atomic E-state index is 12.1. The Balaban J connectivity index is 2.40. The summed E-state index contributed by atoms with van der Waals surface area (Å²) in [6, 6.07) is 8.11. The molecule has 0 saturated carbocycles. The molecule has 0 aliphatic heterocycles. The van der Waals surface area contributed by atoms with E-state index in [1.807, 2.05) is 22.8 Å². The number of nitrogens with zero attached hydrogens (tertiary/aromatic N) is 2. The molecule has 2 aromatic rings. The molecular weight excluding hydrogens is 292 g/mol. The average Bonchev–Trinajstić information content (AvgIpc) is 2.66. The van der Waals surface area contributed by atoms with E-state index < -0.39 is 0 Å². The zero-order valence-electron chi connectivity index (χ0n) is 9.74. The van der Waals surface area contributed by atoms with Crippen LogP contribution in [-0.2, 0) is 13.0 Å². The molecule has 0 N–H and O–H groups in total. The third-order valence-corrected chi connectivity index (χ3v) is 3.95. The lowest BCUT2D eigenvalue weighted by molar-refractivity contribution is 0.0964. The van der Waals surface area contributed by atoms with Gasteiger partial charge in [-0.15, -0.1) is 0 Å². The Morgan fingerprint density at radius 3 is 3.00 bits per heavy atom. The van der Waals surface area contributed by atoms with E-state index in [1.165, 1.54) is 0 Å². The minimum atomic E-state index is 0.166. The van der Waals surface area contributed by atoms with Gasteiger partial charge in [-0.1, -0.05) is 15.9 Å². The first-order valence-electron chi connectivity index (χ1n) is 5.93. The molecule has 1 aromatic heterocycles. The summed E-state index contributed by atoms with van der Waals surface area (Å²) in [6.45, 7) is 0.235. The highest BCUT2D eigenvalue weighted by Gasteiger charge is 2.25. The molecule has 0 saturated heterocycles. The summed E-state index contributed by atoms with van der Waals surface area (Å²) in [5.41, 5.74) is 2.84. The first-order valence-corrected chi connectivity index (χ1v) is 6.72. The van der Waals surface area contributed by atoms with Gasteiger partial charge in [-0.25, -0.2) is 0 Å². The molecule has 0 atom stereocenters. The number of fused-ring (bicyclic) bond motifs is 3. The van der Waals surface area contributed by atoms with Gasteiger partial charge in [-0.05, 0) is 36.6 Å². The smallest absolute Gasteiger partial charge is 0.179 e. The van der Waals surface area contributed by atoms with Crippen LogP contribution < -0.4 is 0 Å². The van der Waals surface area contributed by atoms with Gasteiger partial charge in [0.05, 0.1) is 11.8 Å². The third kappa shape index (κ3) is 1.58. The zero-order chi connectivity index (χ0) is 12.7. The Labute approximate surface area is 113 Å². The summed E-state index contributed by atoms with van der Waals surface area (Å²) in [7, 11) is 0. The Kier molecular flexibility index (Phi) is 2.71. The normalized spacial score (nSPS) is 14.6. The SMILES string of the molecule is N#CCn1c2c(c3cc(Br)ccc31)CCCC2=O. The fraction of sp³-hybridized carbons (Fsp3) is 0.286. The Morgan fingerprint density at radius 2 is 2.22 bits per heavy atom. The van der Waals surface area contributed by atoms with E-state index in [-0.39, 0.29) is 12.3 Å². The van der Waals surface area contributed by atoms with E-state index in [1.54, 1.807) is 0 Å². The van der Waals surface area contributed by atoms with E-state index in [4.69, 9.17) is 5.26 Å². The van der Waals surface area contributed by atoms with Gasteiger partial charge in [-0.2, -0.15) is 5.26 Å². The van der Waals surface area contributed by atoms with Gasteiger partial charge in [-0.3, -0.25) is 4.79 Å². The molecule has 0 unspecified atom stereocenters. The number of hydrogen-bond acceptors (Lipinski definition) is 2. The molecule has 0 radical (unpaired) electrons. The van der Waals surface area contributed by atoms with Gasteiger partial charge in [0.25, 0.3) is 0 Å². The molecule has 0 spiro atoms. The number of benzene rings is 1. The van der Waals surface area contributed by atoms with Crippen molar-refractivity contribution in [2.45, 2.75) is 25.8 Å². The molecule has 18 heavy (non-hydrogen) atoms. The molecule has 1 aliphatic carbocycles. The molecule has 0 bridgehead atoms. The van der Waals surface area contributed by atoms with Gasteiger partial charge < -0.3 is 4.57 Å². The van der Waals surface area contributed by atoms with Crippen molar-refractivity contribution < 1.29 is 4.79 Å². The van der Waals surface area contributed by atoms with Crippen LogP contribution in [0.3, 0.4) is 0 Å². The van der Waals surface area contributed by atoms with Gasteiger partial charge in [0.15, 0.2) is 5.78 Å². The quantitative estimate of drug-likeness (QED) is 0.810. The number of aryl methyl sites for hydroxylation is 1. The van der Waals surface area contributed by atoms with Crippen molar-refractivity contribution in [1.29, 1.82) is 5.26 Å². The summed E-state index contributed by atoms with van der Waals surface area (Å²) in [4.78, 5) is 12.1. The van der Waals surface area contributed by atoms with E-state index in [0.29, 0.717) is 6.42 Å². The minimum Gasteiger partial charge on any atom is -0.324 e. The number of carbonyl (C=O) groups excluding carboxylic acids is 1. The Morgan fingerprint density at radius 1 is 1.39 bits per heavy atom. The second-order valence-electron chi connectivity index (χ2n) is 4.51. The molecule has 1 aromatic carbocycles. The van der Waals surface area contributed by atoms with E-state index in [9.17, 15) is 4.79 Å². The third-order valence-electron chi connectivity index (χ3n) is 3.45. The van der Waals surface area contributed by atoms with Gasteiger partial charge in [0.2, 0.25) is 0 Å². The van der Waals surface area contributed by atoms with Crippen LogP contribution >= 0.6 is 15.9 Å². The summed E-state index contributed by atoms with van der Waals surface area (Å²) in [5, 5.41) is 10.0. The second-order valence-corrected chi connectivity index (χ2v) is 5.43. The van der Waals surface area contributed by atoms with Gasteiger partial charge >= 0.3 is 0 Å². The van der Waals surface area contributed by atoms with Crippen molar-refractivity contribution in [2.24, 2.45) is 0 Å². The van der Waals surface area contributed by atoms with Crippen LogP contribution in [0.1, 0.15) is 28.9 Å². The summed E-state index contributed by atoms with van der Waals surface area (Å²) >= 11 is 3.46. The first kappa shape index (κ1) is 11.5. The molecule has 1 heterocycles. The van der Waals surface area contributed by atoms with Crippen LogP contribution in [-0.4, -0.2) is 10.4 Å². The van der Waals surface area contributed by atoms with E-state index in [0.717, 1.165) is 39.5 Å². The molecule has 3 nitrogen and oxygen atoms in total. The Bertz CT molecular complexity index is 694. The lowest BCUT2D eigenvalue weighted by Gasteiger charge is -2.12. The lowest BCUT2D eigenvalue weighted by Crippen LogP contribution is -2.15. The summed E-state index contributed by atoms with van der Waals surface area (Å²) < 4.78 is 2.86. The van der Waals surface area contributed by atoms with Crippen LogP contribution in [0.2, 0.25) is 0 Å². The van der Waals surface area contributed by atoms with Crippen molar-refractivity contribution in [3.8, 4) is 6.07 Å². The molecular formula is C14H11BrN2O. The van der Waals surface area contributed by atoms with Crippen molar-refractivity contribution >= 4 is 32.6 Å². The number of carbonyl (C=O) groups is 1. The van der Waals surface area contributed by atoms with E-state index in [2.05, 4.69) is 22.0 Å². The van der Waals surface area contributed by atoms with Crippen LogP contribution in [0.4, 0.5) is 0 Å². The molecule has 3 rings (SSSR count). The minimum absolute atomic E-state index is 0.166. The highest BCUT2D eigenvalue weighted by molar-refractivity contribution is 9.10. The maximum absolute atomic E-state index is 12.1. The van der Waals surface area contributed by atoms with Crippen molar-refractivity contribution in [1.82, 2.24) is 4.57 Å². The molecule has 90 valence electrons. The number of aromatic nitrogens is 1. The predicted octanol–water partition coefficient (Wildman–Crippen LogP) is 3.45. The number of Topliss-reactive ketones (excluding diaryl/α,β-unsaturated/α-hetero) is 1. The zero-order valence-corrected chi connectivity index (χ0v) is 11.3. The molecule has 0 fully saturated rings. The number of nitriles is 1. The standard InChI is InChI=1S/C14H11BrN2O/c15-9-4-5-12-11(8-9)10-2-1-3-13(18)14(10)17(12)7-6-16/h4-5,8H,1-3,7H2. The largest absolute Gasteiger partial charge is 0.324 e. The maximum Gasteiger partial charge on any atom is 0.179 e. The molecule has 1 aliphatic rings. The number of hydrogen-bond donors (Lipinski definition) is 0. The van der Waals surface area contributed by atoms with Crippen LogP contribution in [0.15, 0.2) is 22.7 Å². The second kappa shape index (κ2) is 4.25. The average molecular weight is 303 g/mol. The number of halogens is 1. The number of rotatable bonds is 1. The predicted molar refractivity (Wildman–Crippen MR) is 72.5 cm³/mol. The lowest BCUT2D eigenvalue weighted by atomic mass is 9.94. The topological polar surface area (TPSA) is 45.8 Å². The Hall–Kier alpha value is -1.60. The van der Waals surface area contributed by atoms with Gasteiger partial charge in [0, 0.05) is 21.8 Å². The monoisotopic (exact) mass is 302 g/mol. The first-order chi connectivity index (χ1) is 8.72. The molecule has 0 amide bonds. The van der Waals surface area contributed by atoms with Crippen molar-refractivity contribution in [2.75, 3.05) is 0 Å². The van der Waals surface area contributed by atoms with Gasteiger partial charge in [0.1, 0.15) is 6.54 Å². The van der Waals surface area contributed by atoms with E-state index >= 15 is 0 Å². The highest BCUT2D eigenvalue weighted by atomic mass is 79.9. The fourth-order valence-corrected chi connectivity index (χ4v) is 3.11. The summed E-state index contributed by atoms with van der Waals surface area (Å²) in [5.74, 6) is 0.166. The summed E-state index contributed by atoms with van der Waals surface area (Å²) in [6.07, 6.45) is 2.42. The van der Waals surface area contributed by atoms with Crippen molar-refractivity contribution in [3.05, 3.63) is 33.9 Å². The van der Waals surface area contributed by atoms with Crippen LogP contribution in [0.25, 0.3) is 10.9 Å². The van der Waals surface area contributed by atoms with Crippen LogP contribution in [0.5, 0.6) is 0 Å². The van der Waals surface area contributed by atoms with Crippen LogP contribution in [0, 0.1) is 11.3 Å². The fourth-order valence-electron chi connectivity index (χ4n) is 2.75.